The van der Waals surface area contributed by atoms with Crippen molar-refractivity contribution in [3.05, 3.63) is 0 Å². The molecule has 1 rings (SSSR count). The van der Waals surface area contributed by atoms with Gasteiger partial charge >= 0.3 is 0 Å². The molecule has 0 aromatic heterocycles. The molecule has 108 valence electrons. The molecule has 0 radical (unpaired) electrons. The zero-order chi connectivity index (χ0) is 14.3. The predicted molar refractivity (Wildman–Crippen MR) is 69.3 cm³/mol. The Morgan fingerprint density at radius 3 is 2.53 bits per heavy atom. The van der Waals surface area contributed by atoms with Gasteiger partial charge in [-0.15, -0.1) is 0 Å². The number of nitrogens with one attached hydrogen (secondary N) is 1. The summed E-state index contributed by atoms with van der Waals surface area (Å²) in [5, 5.41) is 2.74. The highest BCUT2D eigenvalue weighted by atomic mass is 16.5. The first-order valence-corrected chi connectivity index (χ1v) is 6.72. The number of imide groups is 1. The third-order valence-electron chi connectivity index (χ3n) is 2.81. The summed E-state index contributed by atoms with van der Waals surface area (Å²) in [4.78, 5) is 35.3. The van der Waals surface area contributed by atoms with Crippen LogP contribution in [0.25, 0.3) is 0 Å². The van der Waals surface area contributed by atoms with Crippen molar-refractivity contribution in [2.24, 2.45) is 0 Å². The Kier molecular flexibility index (Phi) is 6.49. The Morgan fingerprint density at radius 2 is 1.95 bits per heavy atom. The number of ether oxygens (including phenoxy) is 1. The molecule has 1 fully saturated rings. The Morgan fingerprint density at radius 1 is 1.32 bits per heavy atom. The van der Waals surface area contributed by atoms with Crippen LogP contribution in [0.1, 0.15) is 39.5 Å². The van der Waals surface area contributed by atoms with Gasteiger partial charge in [0.1, 0.15) is 0 Å². The first kappa shape index (κ1) is 15.6. The fourth-order valence-electron chi connectivity index (χ4n) is 1.79. The van der Waals surface area contributed by atoms with Crippen molar-refractivity contribution in [3.8, 4) is 0 Å². The molecule has 1 N–H and O–H groups in total. The lowest BCUT2D eigenvalue weighted by molar-refractivity contribution is -0.138. The third kappa shape index (κ3) is 5.83. The summed E-state index contributed by atoms with van der Waals surface area (Å²) in [6, 6.07) is 0. The molecule has 1 heterocycles. The van der Waals surface area contributed by atoms with Gasteiger partial charge in [0.25, 0.3) is 0 Å². The van der Waals surface area contributed by atoms with Crippen molar-refractivity contribution < 1.29 is 19.1 Å². The smallest absolute Gasteiger partial charge is 0.229 e. The summed E-state index contributed by atoms with van der Waals surface area (Å²) in [6.07, 6.45) is 1.66. The summed E-state index contributed by atoms with van der Waals surface area (Å²) in [7, 11) is 0. The molecule has 1 aliphatic heterocycles. The molecule has 0 atom stereocenters. The molecule has 0 saturated carbocycles. The van der Waals surface area contributed by atoms with Gasteiger partial charge in [-0.1, -0.05) is 0 Å². The maximum Gasteiger partial charge on any atom is 0.229 e. The van der Waals surface area contributed by atoms with E-state index >= 15 is 0 Å². The molecule has 0 aromatic rings. The first-order chi connectivity index (χ1) is 9.00. The highest BCUT2D eigenvalue weighted by molar-refractivity contribution is 6.02. The van der Waals surface area contributed by atoms with Gasteiger partial charge in [0.2, 0.25) is 17.7 Å². The summed E-state index contributed by atoms with van der Waals surface area (Å²) < 4.78 is 5.34. The van der Waals surface area contributed by atoms with Crippen LogP contribution >= 0.6 is 0 Å². The number of hydrogen-bond acceptors (Lipinski definition) is 4. The van der Waals surface area contributed by atoms with Crippen LogP contribution in [0.4, 0.5) is 0 Å². The SMILES string of the molecule is CC(C)OCCCNC(=O)CCN1C(=O)CCC1=O. The van der Waals surface area contributed by atoms with Crippen LogP contribution < -0.4 is 5.32 Å². The second kappa shape index (κ2) is 7.89. The summed E-state index contributed by atoms with van der Waals surface area (Å²) >= 11 is 0. The van der Waals surface area contributed by atoms with Gasteiger partial charge < -0.3 is 10.1 Å². The molecule has 0 unspecified atom stereocenters. The van der Waals surface area contributed by atoms with Gasteiger partial charge in [-0.2, -0.15) is 0 Å². The molecule has 1 saturated heterocycles. The van der Waals surface area contributed by atoms with Gasteiger partial charge in [0.05, 0.1) is 6.10 Å². The van der Waals surface area contributed by atoms with E-state index in [0.29, 0.717) is 13.2 Å². The minimum atomic E-state index is -0.178. The van der Waals surface area contributed by atoms with Crippen LogP contribution in [0.2, 0.25) is 0 Å². The van der Waals surface area contributed by atoms with Crippen LogP contribution in [-0.4, -0.2) is 48.4 Å². The van der Waals surface area contributed by atoms with Crippen molar-refractivity contribution in [1.29, 1.82) is 0 Å². The van der Waals surface area contributed by atoms with Gasteiger partial charge in [-0.05, 0) is 20.3 Å². The minimum Gasteiger partial charge on any atom is -0.379 e. The fraction of sp³-hybridized carbons (Fsp3) is 0.769. The number of likely N-dealkylation sites (tertiary alicyclic amines) is 1. The summed E-state index contributed by atoms with van der Waals surface area (Å²) in [6.45, 7) is 5.27. The molecular weight excluding hydrogens is 248 g/mol. The predicted octanol–water partition coefficient (Wildman–Crippen LogP) is 0.457. The molecular formula is C13H22N2O4. The molecule has 6 heteroatoms. The van der Waals surface area contributed by atoms with E-state index in [0.717, 1.165) is 6.42 Å². The van der Waals surface area contributed by atoms with Crippen LogP contribution in [0, 0.1) is 0 Å². The van der Waals surface area contributed by atoms with E-state index in [4.69, 9.17) is 4.74 Å². The highest BCUT2D eigenvalue weighted by Crippen LogP contribution is 2.11. The maximum absolute atomic E-state index is 11.5. The van der Waals surface area contributed by atoms with E-state index in [1.54, 1.807) is 0 Å². The van der Waals surface area contributed by atoms with Gasteiger partial charge in [-0.3, -0.25) is 19.3 Å². The largest absolute Gasteiger partial charge is 0.379 e. The average Bonchev–Trinajstić information content (AvgIpc) is 2.66. The second-order valence-corrected chi connectivity index (χ2v) is 4.81. The van der Waals surface area contributed by atoms with E-state index in [2.05, 4.69) is 5.32 Å². The third-order valence-corrected chi connectivity index (χ3v) is 2.81. The Balaban J connectivity index is 2.08. The highest BCUT2D eigenvalue weighted by Gasteiger charge is 2.28. The first-order valence-electron chi connectivity index (χ1n) is 6.72. The fourth-order valence-corrected chi connectivity index (χ4v) is 1.79. The van der Waals surface area contributed by atoms with Crippen molar-refractivity contribution in [2.75, 3.05) is 19.7 Å². The Bertz CT molecular complexity index is 326. The minimum absolute atomic E-state index is 0.142. The van der Waals surface area contributed by atoms with Crippen molar-refractivity contribution in [1.82, 2.24) is 10.2 Å². The van der Waals surface area contributed by atoms with E-state index in [9.17, 15) is 14.4 Å². The normalized spacial score (nSPS) is 15.4. The standard InChI is InChI=1S/C13H22N2O4/c1-10(2)19-9-3-7-14-11(16)6-8-15-12(17)4-5-13(15)18/h10H,3-9H2,1-2H3,(H,14,16). The topological polar surface area (TPSA) is 75.7 Å². The molecule has 0 aliphatic carbocycles. The van der Waals surface area contributed by atoms with E-state index in [-0.39, 0.29) is 49.6 Å². The zero-order valence-corrected chi connectivity index (χ0v) is 11.6. The van der Waals surface area contributed by atoms with Gasteiger partial charge in [0.15, 0.2) is 0 Å². The zero-order valence-electron chi connectivity index (χ0n) is 11.6. The van der Waals surface area contributed by atoms with Crippen LogP contribution in [0.5, 0.6) is 0 Å². The van der Waals surface area contributed by atoms with Crippen molar-refractivity contribution >= 4 is 17.7 Å². The quantitative estimate of drug-likeness (QED) is 0.513. The summed E-state index contributed by atoms with van der Waals surface area (Å²) in [5.74, 6) is -0.497. The van der Waals surface area contributed by atoms with E-state index in [1.807, 2.05) is 13.8 Å². The molecule has 3 amide bonds. The molecule has 1 aliphatic rings. The van der Waals surface area contributed by atoms with Gasteiger partial charge in [-0.25, -0.2) is 0 Å². The Hall–Kier alpha value is -1.43. The molecule has 6 nitrogen and oxygen atoms in total. The average molecular weight is 270 g/mol. The number of nitrogens with zero attached hydrogens (tertiary/aromatic N) is 1. The number of hydrogen-bond donors (Lipinski definition) is 1. The molecule has 0 spiro atoms. The lowest BCUT2D eigenvalue weighted by Gasteiger charge is -2.13. The lowest BCUT2D eigenvalue weighted by Crippen LogP contribution is -2.34. The van der Waals surface area contributed by atoms with E-state index < -0.39 is 0 Å². The van der Waals surface area contributed by atoms with Crippen LogP contribution in [0.15, 0.2) is 0 Å². The van der Waals surface area contributed by atoms with Gasteiger partial charge in [0, 0.05) is 39.0 Å². The molecule has 19 heavy (non-hydrogen) atoms. The van der Waals surface area contributed by atoms with Crippen molar-refractivity contribution in [3.63, 3.8) is 0 Å². The van der Waals surface area contributed by atoms with E-state index in [1.165, 1.54) is 4.90 Å². The maximum atomic E-state index is 11.5. The number of amides is 3. The van der Waals surface area contributed by atoms with Crippen LogP contribution in [-0.2, 0) is 19.1 Å². The second-order valence-electron chi connectivity index (χ2n) is 4.81. The number of rotatable bonds is 8. The summed E-state index contributed by atoms with van der Waals surface area (Å²) in [5.41, 5.74) is 0. The van der Waals surface area contributed by atoms with Crippen LogP contribution in [0.3, 0.4) is 0 Å². The molecule has 0 aromatic carbocycles. The molecule has 0 bridgehead atoms. The number of carbonyl (C=O) groups is 3. The monoisotopic (exact) mass is 270 g/mol. The van der Waals surface area contributed by atoms with Crippen molar-refractivity contribution in [2.45, 2.75) is 45.6 Å². The Labute approximate surface area is 113 Å². The lowest BCUT2D eigenvalue weighted by atomic mass is 10.3. The number of carbonyl (C=O) groups excluding carboxylic acids is 3.